The van der Waals surface area contributed by atoms with Gasteiger partial charge in [-0.2, -0.15) is 0 Å². The zero-order chi connectivity index (χ0) is 23.0. The summed E-state index contributed by atoms with van der Waals surface area (Å²) >= 11 is 0. The lowest BCUT2D eigenvalue weighted by molar-refractivity contribution is -0.385. The SMILES string of the molecule is COc1ccc([N+](=O)[O-])cc1CON1CNc2c(ncn2[C@@H]2O[C@H](CO)[C@@H](O)[C@H]2O)C1=N. The molecule has 2 aliphatic heterocycles. The van der Waals surface area contributed by atoms with E-state index in [0.717, 1.165) is 0 Å². The zero-order valence-corrected chi connectivity index (χ0v) is 16.9. The molecule has 0 aliphatic carbocycles. The first-order valence-corrected chi connectivity index (χ1v) is 9.59. The Morgan fingerprint density at radius 3 is 2.84 bits per heavy atom. The maximum absolute atomic E-state index is 11.0. The van der Waals surface area contributed by atoms with E-state index in [2.05, 4.69) is 10.3 Å². The van der Waals surface area contributed by atoms with E-state index in [-0.39, 0.29) is 30.5 Å². The van der Waals surface area contributed by atoms with Crippen LogP contribution in [0.5, 0.6) is 5.75 Å². The van der Waals surface area contributed by atoms with Gasteiger partial charge in [0, 0.05) is 17.7 Å². The average molecular weight is 450 g/mol. The van der Waals surface area contributed by atoms with Crippen molar-refractivity contribution >= 4 is 17.3 Å². The largest absolute Gasteiger partial charge is 0.496 e. The minimum atomic E-state index is -1.29. The van der Waals surface area contributed by atoms with Crippen LogP contribution in [0.15, 0.2) is 24.5 Å². The number of aliphatic hydroxyl groups excluding tert-OH is 3. The fraction of sp³-hybridized carbons (Fsp3) is 0.444. The molecule has 5 N–H and O–H groups in total. The molecule has 14 nitrogen and oxygen atoms in total. The van der Waals surface area contributed by atoms with E-state index in [1.807, 2.05) is 0 Å². The molecular weight excluding hydrogens is 428 g/mol. The number of nitrogens with zero attached hydrogens (tertiary/aromatic N) is 4. The smallest absolute Gasteiger partial charge is 0.270 e. The predicted molar refractivity (Wildman–Crippen MR) is 107 cm³/mol. The van der Waals surface area contributed by atoms with Crippen molar-refractivity contribution in [2.24, 2.45) is 0 Å². The van der Waals surface area contributed by atoms with Crippen LogP contribution in [-0.2, 0) is 16.2 Å². The fourth-order valence-corrected chi connectivity index (χ4v) is 3.61. The summed E-state index contributed by atoms with van der Waals surface area (Å²) in [4.78, 5) is 20.4. The van der Waals surface area contributed by atoms with Gasteiger partial charge in [-0.15, -0.1) is 0 Å². The monoisotopic (exact) mass is 450 g/mol. The second-order valence-corrected chi connectivity index (χ2v) is 7.17. The Morgan fingerprint density at radius 2 is 2.19 bits per heavy atom. The number of nitrogens with one attached hydrogen (secondary N) is 2. The molecule has 0 radical (unpaired) electrons. The number of aliphatic hydroxyl groups is 3. The van der Waals surface area contributed by atoms with Crippen LogP contribution >= 0.6 is 0 Å². The Kier molecular flexibility index (Phi) is 5.94. The van der Waals surface area contributed by atoms with E-state index in [9.17, 15) is 25.4 Å². The number of nitro benzene ring substituents is 1. The molecule has 0 unspecified atom stereocenters. The van der Waals surface area contributed by atoms with Crippen LogP contribution in [0.3, 0.4) is 0 Å². The summed E-state index contributed by atoms with van der Waals surface area (Å²) in [6.07, 6.45) is -3.16. The summed E-state index contributed by atoms with van der Waals surface area (Å²) in [5.41, 5.74) is 0.521. The summed E-state index contributed by atoms with van der Waals surface area (Å²) < 4.78 is 12.2. The number of anilines is 1. The quantitative estimate of drug-likeness (QED) is 0.271. The summed E-state index contributed by atoms with van der Waals surface area (Å²) in [7, 11) is 1.44. The maximum atomic E-state index is 11.0. The number of imidazole rings is 1. The van der Waals surface area contributed by atoms with Crippen LogP contribution < -0.4 is 10.1 Å². The van der Waals surface area contributed by atoms with Crippen molar-refractivity contribution in [2.45, 2.75) is 31.1 Å². The maximum Gasteiger partial charge on any atom is 0.270 e. The lowest BCUT2D eigenvalue weighted by atomic mass is 10.1. The highest BCUT2D eigenvalue weighted by Crippen LogP contribution is 2.34. The van der Waals surface area contributed by atoms with Gasteiger partial charge < -0.3 is 30.1 Å². The van der Waals surface area contributed by atoms with Gasteiger partial charge in [0.25, 0.3) is 5.69 Å². The van der Waals surface area contributed by atoms with Gasteiger partial charge in [-0.3, -0.25) is 24.9 Å². The molecule has 0 amide bonds. The van der Waals surface area contributed by atoms with Crippen molar-refractivity contribution in [1.82, 2.24) is 14.6 Å². The third-order valence-electron chi connectivity index (χ3n) is 5.30. The standard InChI is InChI=1S/C18H22N6O8/c1-30-11-3-2-10(24(28)29)4-9(11)6-31-23-8-21-17-13(16(23)19)20-7-22(17)18-15(27)14(26)12(5-25)32-18/h2-4,7,12,14-15,18-19,21,25-27H,5-6,8H2,1H3/t12-,14-,15-,18-/m1/s1. The van der Waals surface area contributed by atoms with Crippen molar-refractivity contribution in [2.75, 3.05) is 25.7 Å². The van der Waals surface area contributed by atoms with Crippen molar-refractivity contribution in [3.8, 4) is 5.75 Å². The van der Waals surface area contributed by atoms with Crippen molar-refractivity contribution < 1.29 is 34.6 Å². The molecule has 0 spiro atoms. The van der Waals surface area contributed by atoms with Crippen molar-refractivity contribution in [3.63, 3.8) is 0 Å². The molecular formula is C18H22N6O8. The second kappa shape index (κ2) is 8.68. The van der Waals surface area contributed by atoms with E-state index >= 15 is 0 Å². The number of hydroxylamine groups is 2. The minimum absolute atomic E-state index is 0.0313. The molecule has 32 heavy (non-hydrogen) atoms. The van der Waals surface area contributed by atoms with Crippen LogP contribution in [0.2, 0.25) is 0 Å². The van der Waals surface area contributed by atoms with Gasteiger partial charge in [0.05, 0.1) is 25.0 Å². The average Bonchev–Trinajstić information content (AvgIpc) is 3.34. The number of fused-ring (bicyclic) bond motifs is 1. The van der Waals surface area contributed by atoms with Gasteiger partial charge in [0.1, 0.15) is 48.8 Å². The van der Waals surface area contributed by atoms with E-state index < -0.39 is 36.1 Å². The molecule has 4 rings (SSSR count). The molecule has 14 heteroatoms. The Morgan fingerprint density at radius 1 is 1.41 bits per heavy atom. The van der Waals surface area contributed by atoms with E-state index in [1.165, 1.54) is 41.3 Å². The number of benzene rings is 1. The highest BCUT2D eigenvalue weighted by atomic mass is 16.7. The molecule has 1 fully saturated rings. The lowest BCUT2D eigenvalue weighted by Gasteiger charge is -2.30. The van der Waals surface area contributed by atoms with E-state index in [0.29, 0.717) is 17.1 Å². The number of rotatable bonds is 7. The first-order chi connectivity index (χ1) is 15.3. The number of methoxy groups -OCH3 is 1. The molecule has 3 heterocycles. The van der Waals surface area contributed by atoms with Crippen LogP contribution in [0, 0.1) is 15.5 Å². The normalized spacial score (nSPS) is 24.9. The van der Waals surface area contributed by atoms with E-state index in [4.69, 9.17) is 19.7 Å². The van der Waals surface area contributed by atoms with Gasteiger partial charge in [-0.25, -0.2) is 10.0 Å². The molecule has 1 aromatic heterocycles. The summed E-state index contributed by atoms with van der Waals surface area (Å²) in [6, 6.07) is 4.13. The molecule has 1 saturated heterocycles. The first-order valence-electron chi connectivity index (χ1n) is 9.59. The Hall–Kier alpha value is -3.30. The highest BCUT2D eigenvalue weighted by molar-refractivity contribution is 5.99. The summed E-state index contributed by atoms with van der Waals surface area (Å²) in [5.74, 6) is 0.688. The van der Waals surface area contributed by atoms with Gasteiger partial charge in [-0.05, 0) is 6.07 Å². The number of nitro groups is 1. The molecule has 2 aromatic rings. The molecule has 172 valence electrons. The fourth-order valence-electron chi connectivity index (χ4n) is 3.61. The van der Waals surface area contributed by atoms with Crippen molar-refractivity contribution in [3.05, 3.63) is 45.9 Å². The Bertz CT molecular complexity index is 1030. The summed E-state index contributed by atoms with van der Waals surface area (Å²) in [5, 5.41) is 53.2. The number of amidine groups is 1. The lowest BCUT2D eigenvalue weighted by Crippen LogP contribution is -2.41. The third kappa shape index (κ3) is 3.74. The van der Waals surface area contributed by atoms with Gasteiger partial charge in [0.15, 0.2) is 12.1 Å². The van der Waals surface area contributed by atoms with Gasteiger partial charge >= 0.3 is 0 Å². The highest BCUT2D eigenvalue weighted by Gasteiger charge is 2.45. The van der Waals surface area contributed by atoms with Crippen LogP contribution in [-0.4, -0.2) is 79.4 Å². The second-order valence-electron chi connectivity index (χ2n) is 7.17. The van der Waals surface area contributed by atoms with Crippen molar-refractivity contribution in [1.29, 1.82) is 5.41 Å². The topological polar surface area (TPSA) is 188 Å². The molecule has 0 saturated carbocycles. The molecule has 1 aromatic carbocycles. The van der Waals surface area contributed by atoms with E-state index in [1.54, 1.807) is 0 Å². The van der Waals surface area contributed by atoms with Crippen LogP contribution in [0.25, 0.3) is 0 Å². The van der Waals surface area contributed by atoms with Crippen LogP contribution in [0.4, 0.5) is 11.5 Å². The predicted octanol–water partition coefficient (Wildman–Crippen LogP) is -0.446. The van der Waals surface area contributed by atoms with Crippen LogP contribution in [0.1, 0.15) is 17.5 Å². The van der Waals surface area contributed by atoms with Gasteiger partial charge in [0.2, 0.25) is 0 Å². The molecule has 4 atom stereocenters. The summed E-state index contributed by atoms with van der Waals surface area (Å²) in [6.45, 7) is -0.527. The number of hydrogen-bond donors (Lipinski definition) is 5. The zero-order valence-electron chi connectivity index (χ0n) is 16.9. The minimum Gasteiger partial charge on any atom is -0.496 e. The van der Waals surface area contributed by atoms with Gasteiger partial charge in [-0.1, -0.05) is 0 Å². The molecule has 2 aliphatic rings. The molecule has 0 bridgehead atoms. The number of hydrogen-bond acceptors (Lipinski definition) is 11. The Balaban J connectivity index is 1.49. The first kappa shape index (κ1) is 21.9. The number of non-ortho nitro benzene ring substituents is 1. The Labute approximate surface area is 181 Å². The third-order valence-corrected chi connectivity index (χ3v) is 5.30. The number of aromatic nitrogens is 2. The number of ether oxygens (including phenoxy) is 2.